The molecule has 0 rings (SSSR count). The number of likely N-dealkylation sites (N-methyl/N-ethyl adjacent to an activating group) is 1. The highest BCUT2D eigenvalue weighted by molar-refractivity contribution is 7.47. The molecule has 0 fully saturated rings. The maximum Gasteiger partial charge on any atom is 0.472 e. The molecule has 8 nitrogen and oxygen atoms in total. The monoisotopic (exact) mass is 734 g/mol. The lowest BCUT2D eigenvalue weighted by Gasteiger charge is -2.25. The van der Waals surface area contributed by atoms with Gasteiger partial charge >= 0.3 is 7.82 Å². The van der Waals surface area contributed by atoms with Crippen LogP contribution in [0.15, 0.2) is 12.2 Å². The second-order valence-corrected chi connectivity index (χ2v) is 17.0. The Labute approximate surface area is 311 Å². The molecule has 0 aliphatic carbocycles. The Bertz CT molecular complexity index is 872. The first-order chi connectivity index (χ1) is 24.4. The van der Waals surface area contributed by atoms with E-state index in [-0.39, 0.29) is 25.5 Å². The second-order valence-electron chi connectivity index (χ2n) is 15.5. The molecule has 0 aromatic carbocycles. The first-order valence-corrected chi connectivity index (χ1v) is 22.4. The number of phosphoric acid groups is 1. The molecule has 0 aromatic heterocycles. The number of hydrogen-bond donors (Lipinski definition) is 3. The number of aliphatic hydroxyl groups is 1. The van der Waals surface area contributed by atoms with E-state index in [9.17, 15) is 19.4 Å². The first kappa shape index (κ1) is 47.3. The number of nitrogens with one attached hydrogen (secondary N) is 1. The number of phosphoric ester groups is 1. The minimum atomic E-state index is -4.34. The van der Waals surface area contributed by atoms with Crippen LogP contribution in [0.5, 0.6) is 0 Å². The molecule has 0 bridgehead atoms. The fourth-order valence-electron chi connectivity index (χ4n) is 5.94. The molecule has 4 atom stereocenters. The van der Waals surface area contributed by atoms with Crippen LogP contribution < -0.4 is 5.32 Å². The Kier molecular flexibility index (Phi) is 32.2. The van der Waals surface area contributed by atoms with E-state index in [0.29, 0.717) is 17.4 Å². The maximum absolute atomic E-state index is 12.8. The Morgan fingerprint density at radius 1 is 0.720 bits per heavy atom. The fourth-order valence-corrected chi connectivity index (χ4v) is 6.67. The average Bonchev–Trinajstić information content (AvgIpc) is 3.07. The van der Waals surface area contributed by atoms with Gasteiger partial charge in [-0.05, 0) is 19.3 Å². The summed E-state index contributed by atoms with van der Waals surface area (Å²) in [6, 6.07) is -0.859. The van der Waals surface area contributed by atoms with Crippen LogP contribution in [0.3, 0.4) is 0 Å². The molecule has 50 heavy (non-hydrogen) atoms. The predicted molar refractivity (Wildman–Crippen MR) is 212 cm³/mol. The Hall–Kier alpha value is -0.760. The van der Waals surface area contributed by atoms with Crippen LogP contribution in [0, 0.1) is 0 Å². The number of carbonyl (C=O) groups is 1. The van der Waals surface area contributed by atoms with E-state index >= 15 is 0 Å². The molecule has 0 aliphatic rings. The number of allylic oxidation sites excluding steroid dienone is 1. The van der Waals surface area contributed by atoms with Gasteiger partial charge in [0, 0.05) is 7.79 Å². The van der Waals surface area contributed by atoms with Crippen molar-refractivity contribution >= 4 is 13.7 Å². The van der Waals surface area contributed by atoms with Gasteiger partial charge in [-0.3, -0.25) is 13.8 Å². The van der Waals surface area contributed by atoms with E-state index in [4.69, 9.17) is 10.4 Å². The van der Waals surface area contributed by atoms with E-state index in [1.807, 2.05) is 27.2 Å². The maximum atomic E-state index is 12.8. The lowest BCUT2D eigenvalue weighted by molar-refractivity contribution is -0.870. The highest BCUT2D eigenvalue weighted by atomic mass is 31.2. The number of unbranched alkanes of at least 4 members (excludes halogenated alkanes) is 21. The van der Waals surface area contributed by atoms with Gasteiger partial charge in [0.05, 0.1) is 39.9 Å². The fraction of sp³-hybridized carbons (Fsp3) is 0.927. The van der Waals surface area contributed by atoms with Gasteiger partial charge in [0.25, 0.3) is 0 Å². The van der Waals surface area contributed by atoms with E-state index < -0.39 is 20.0 Å². The summed E-state index contributed by atoms with van der Waals surface area (Å²) in [6.45, 7) is 4.74. The molecule has 3 N–H and O–H groups in total. The van der Waals surface area contributed by atoms with Crippen LogP contribution >= 0.6 is 7.82 Å². The van der Waals surface area contributed by atoms with Crippen LogP contribution in [0.1, 0.15) is 195 Å². The SMILES string of the molecule is [2H]C(CCCCCCCCC(=O)N[C@@H](COP(=O)(O)OCC[N+](C)(C)C)[C@H](O)/C=C/CCCCCCCCCCCCC)[13CH2]CCCCCCC. The summed E-state index contributed by atoms with van der Waals surface area (Å²) in [5.74, 6) is -0.202. The smallest absolute Gasteiger partial charge is 0.387 e. The van der Waals surface area contributed by atoms with E-state index in [1.54, 1.807) is 6.08 Å². The summed E-state index contributed by atoms with van der Waals surface area (Å²) in [4.78, 5) is 23.1. The number of nitrogens with zero attached hydrogens (tertiary/aromatic N) is 1. The molecule has 1 amide bonds. The van der Waals surface area contributed by atoms with Crippen molar-refractivity contribution in [2.45, 2.75) is 206 Å². The Balaban J connectivity index is 4.50. The van der Waals surface area contributed by atoms with E-state index in [0.717, 1.165) is 70.6 Å². The predicted octanol–water partition coefficient (Wildman–Crippen LogP) is 11.2. The van der Waals surface area contributed by atoms with Gasteiger partial charge < -0.3 is 19.8 Å². The Morgan fingerprint density at radius 3 is 1.64 bits per heavy atom. The van der Waals surface area contributed by atoms with Crippen LogP contribution in [-0.4, -0.2) is 73.4 Å². The zero-order valence-electron chi connectivity index (χ0n) is 34.5. The number of carbonyl (C=O) groups excluding carboxylic acids is 1. The molecular weight excluding hydrogens is 648 g/mol. The first-order valence-electron chi connectivity index (χ1n) is 21.5. The largest absolute Gasteiger partial charge is 0.472 e. The van der Waals surface area contributed by atoms with Crippen LogP contribution in [0.2, 0.25) is 0 Å². The molecule has 0 saturated carbocycles. The number of quaternary nitrogens is 1. The van der Waals surface area contributed by atoms with Crippen molar-refractivity contribution in [3.8, 4) is 0 Å². The van der Waals surface area contributed by atoms with Gasteiger partial charge in [0.1, 0.15) is 13.2 Å². The number of hydrogen-bond acceptors (Lipinski definition) is 5. The zero-order chi connectivity index (χ0) is 38.1. The van der Waals surface area contributed by atoms with Crippen molar-refractivity contribution in [1.82, 2.24) is 5.32 Å². The number of amides is 1. The molecule has 298 valence electrons. The lowest BCUT2D eigenvalue weighted by atomic mass is 10.0. The summed E-state index contributed by atoms with van der Waals surface area (Å²) < 4.78 is 31.8. The van der Waals surface area contributed by atoms with Gasteiger partial charge in [-0.1, -0.05) is 180 Å². The Morgan fingerprint density at radius 2 is 1.16 bits per heavy atom. The van der Waals surface area contributed by atoms with Crippen molar-refractivity contribution in [2.24, 2.45) is 0 Å². The standard InChI is InChI=1S/C41H83N2O6P/c1-6-8-10-12-14-16-18-20-21-23-25-27-29-31-33-35-41(45)42-39(38-49-50(46,47)48-37-36-43(3,4)5)40(44)34-32-30-28-26-24-22-19-17-15-13-11-9-7-2/h32,34,39-40,44H,6-31,33,35-38H2,1-5H3,(H-,42,45,46,47)/p+1/b34-32+/t39-,40+/m0/s1/i18+1,20D/t20?,39-,40+. The normalized spacial score (nSPS) is 15.5. The van der Waals surface area contributed by atoms with Crippen molar-refractivity contribution in [2.75, 3.05) is 40.9 Å². The summed E-state index contributed by atoms with van der Waals surface area (Å²) >= 11 is 0. The minimum absolute atomic E-state index is 0.0542. The third-order valence-corrected chi connectivity index (χ3v) is 10.3. The van der Waals surface area contributed by atoms with Gasteiger partial charge in [-0.25, -0.2) is 4.57 Å². The van der Waals surface area contributed by atoms with E-state index in [2.05, 4.69) is 19.2 Å². The molecule has 9 heteroatoms. The molecule has 0 radical (unpaired) electrons. The summed E-state index contributed by atoms with van der Waals surface area (Å²) in [5, 5.41) is 13.8. The highest BCUT2D eigenvalue weighted by Crippen LogP contribution is 2.43. The summed E-state index contributed by atoms with van der Waals surface area (Å²) in [6.07, 6.45) is 33.6. The summed E-state index contributed by atoms with van der Waals surface area (Å²) in [7, 11) is 1.54. The van der Waals surface area contributed by atoms with Crippen molar-refractivity contribution in [3.63, 3.8) is 0 Å². The lowest BCUT2D eigenvalue weighted by Crippen LogP contribution is -2.45. The zero-order valence-corrected chi connectivity index (χ0v) is 34.4. The number of aliphatic hydroxyl groups excluding tert-OH is 1. The third kappa shape index (κ3) is 35.6. The van der Waals surface area contributed by atoms with Crippen molar-refractivity contribution in [1.29, 1.82) is 0 Å². The van der Waals surface area contributed by atoms with Crippen molar-refractivity contribution in [3.05, 3.63) is 12.2 Å². The molecule has 0 aromatic rings. The second kappa shape index (κ2) is 34.0. The number of rotatable bonds is 38. The van der Waals surface area contributed by atoms with Crippen LogP contribution in [-0.2, 0) is 18.4 Å². The molecular formula is C41H84N2O6P+. The van der Waals surface area contributed by atoms with Crippen LogP contribution in [0.25, 0.3) is 0 Å². The average molecular weight is 734 g/mol. The van der Waals surface area contributed by atoms with Crippen LogP contribution in [0.4, 0.5) is 0 Å². The topological polar surface area (TPSA) is 105 Å². The van der Waals surface area contributed by atoms with Crippen molar-refractivity contribution < 1.29 is 34.3 Å². The van der Waals surface area contributed by atoms with E-state index in [1.165, 1.54) is 96.3 Å². The summed E-state index contributed by atoms with van der Waals surface area (Å²) in [5.41, 5.74) is 0. The molecule has 0 aliphatic heterocycles. The molecule has 0 heterocycles. The molecule has 0 saturated heterocycles. The highest BCUT2D eigenvalue weighted by Gasteiger charge is 2.27. The van der Waals surface area contributed by atoms with Gasteiger partial charge in [0.15, 0.2) is 0 Å². The van der Waals surface area contributed by atoms with Gasteiger partial charge in [0.2, 0.25) is 5.91 Å². The van der Waals surface area contributed by atoms with Gasteiger partial charge in [-0.2, -0.15) is 0 Å². The minimum Gasteiger partial charge on any atom is -0.387 e. The molecule has 0 spiro atoms. The molecule has 2 unspecified atom stereocenters. The third-order valence-electron chi connectivity index (χ3n) is 9.32. The van der Waals surface area contributed by atoms with Gasteiger partial charge in [-0.15, -0.1) is 0 Å². The quantitative estimate of drug-likeness (QED) is 0.0192.